The van der Waals surface area contributed by atoms with E-state index < -0.39 is 5.41 Å². The number of thiophene rings is 1. The van der Waals surface area contributed by atoms with E-state index >= 15 is 0 Å². The van der Waals surface area contributed by atoms with E-state index in [-0.39, 0.29) is 17.7 Å². The van der Waals surface area contributed by atoms with E-state index in [4.69, 9.17) is 0 Å². The Morgan fingerprint density at radius 2 is 2.08 bits per heavy atom. The number of hydrogen-bond donors (Lipinski definition) is 0. The minimum absolute atomic E-state index is 0.0811. The first-order chi connectivity index (χ1) is 12.1. The summed E-state index contributed by atoms with van der Waals surface area (Å²) in [7, 11) is 1.87. The van der Waals surface area contributed by atoms with Crippen LogP contribution >= 0.6 is 11.3 Å². The molecule has 5 heteroatoms. The van der Waals surface area contributed by atoms with Crippen LogP contribution in [0.25, 0.3) is 0 Å². The molecule has 2 saturated heterocycles. The van der Waals surface area contributed by atoms with Crippen LogP contribution in [0.2, 0.25) is 0 Å². The summed E-state index contributed by atoms with van der Waals surface area (Å²) in [5.74, 6) is 0.392. The number of likely N-dealkylation sites (tertiary alicyclic amines) is 2. The molecule has 0 bridgehead atoms. The minimum atomic E-state index is -0.458. The molecule has 25 heavy (non-hydrogen) atoms. The van der Waals surface area contributed by atoms with Gasteiger partial charge in [0, 0.05) is 32.6 Å². The lowest BCUT2D eigenvalue weighted by molar-refractivity contribution is -0.135. The number of amides is 2. The maximum Gasteiger partial charge on any atom is 0.231 e. The summed E-state index contributed by atoms with van der Waals surface area (Å²) in [6.07, 6.45) is 1.25. The number of benzene rings is 1. The van der Waals surface area contributed by atoms with E-state index in [0.29, 0.717) is 19.5 Å². The lowest BCUT2D eigenvalue weighted by atomic mass is 9.73. The highest BCUT2D eigenvalue weighted by molar-refractivity contribution is 7.08. The Hall–Kier alpha value is -2.14. The first-order valence-corrected chi connectivity index (χ1v) is 9.64. The van der Waals surface area contributed by atoms with E-state index in [1.165, 1.54) is 0 Å². The van der Waals surface area contributed by atoms with Crippen LogP contribution in [0.4, 0.5) is 0 Å². The van der Waals surface area contributed by atoms with Gasteiger partial charge in [-0.2, -0.15) is 11.3 Å². The molecule has 2 aromatic rings. The molecule has 0 saturated carbocycles. The molecular formula is C20H22N2O2S. The average Bonchev–Trinajstić information content (AvgIpc) is 3.33. The second kappa shape index (κ2) is 6.30. The monoisotopic (exact) mass is 354 g/mol. The lowest BCUT2D eigenvalue weighted by Crippen LogP contribution is -2.39. The van der Waals surface area contributed by atoms with Crippen molar-refractivity contribution in [2.45, 2.75) is 18.8 Å². The molecule has 2 aliphatic rings. The summed E-state index contributed by atoms with van der Waals surface area (Å²) in [4.78, 5) is 29.5. The Kier molecular flexibility index (Phi) is 4.12. The Morgan fingerprint density at radius 3 is 2.72 bits per heavy atom. The molecule has 0 N–H and O–H groups in total. The fourth-order valence-corrected chi connectivity index (χ4v) is 4.98. The fourth-order valence-electron chi connectivity index (χ4n) is 4.32. The molecule has 4 nitrogen and oxygen atoms in total. The molecule has 1 aromatic carbocycles. The van der Waals surface area contributed by atoms with Gasteiger partial charge >= 0.3 is 0 Å². The smallest absolute Gasteiger partial charge is 0.231 e. The van der Waals surface area contributed by atoms with Crippen LogP contribution in [0.15, 0.2) is 47.2 Å². The predicted octanol–water partition coefficient (Wildman–Crippen LogP) is 2.77. The van der Waals surface area contributed by atoms with Crippen molar-refractivity contribution in [1.29, 1.82) is 0 Å². The number of carbonyl (C=O) groups is 2. The summed E-state index contributed by atoms with van der Waals surface area (Å²) in [6, 6.07) is 12.2. The largest absolute Gasteiger partial charge is 0.345 e. The zero-order valence-electron chi connectivity index (χ0n) is 14.4. The van der Waals surface area contributed by atoms with Gasteiger partial charge in [0.05, 0.1) is 11.8 Å². The topological polar surface area (TPSA) is 40.6 Å². The summed E-state index contributed by atoms with van der Waals surface area (Å²) in [5, 5.41) is 4.02. The van der Waals surface area contributed by atoms with Gasteiger partial charge in [-0.25, -0.2) is 0 Å². The third-order valence-electron chi connectivity index (χ3n) is 5.70. The van der Waals surface area contributed by atoms with Gasteiger partial charge in [0.15, 0.2) is 0 Å². The highest BCUT2D eigenvalue weighted by atomic mass is 32.1. The third-order valence-corrected chi connectivity index (χ3v) is 6.43. The zero-order chi connectivity index (χ0) is 17.4. The van der Waals surface area contributed by atoms with Crippen molar-refractivity contribution in [3.63, 3.8) is 0 Å². The second-order valence-corrected chi connectivity index (χ2v) is 7.96. The van der Waals surface area contributed by atoms with E-state index in [1.54, 1.807) is 11.3 Å². The molecule has 0 radical (unpaired) electrons. The van der Waals surface area contributed by atoms with Crippen molar-refractivity contribution >= 4 is 23.2 Å². The highest BCUT2D eigenvalue weighted by Gasteiger charge is 2.57. The van der Waals surface area contributed by atoms with Crippen LogP contribution < -0.4 is 0 Å². The van der Waals surface area contributed by atoms with Crippen LogP contribution in [0.5, 0.6) is 0 Å². The quantitative estimate of drug-likeness (QED) is 0.850. The molecule has 0 unspecified atom stereocenters. The Bertz CT molecular complexity index is 774. The molecule has 3 heterocycles. The van der Waals surface area contributed by atoms with Crippen LogP contribution in [-0.2, 0) is 16.0 Å². The molecule has 130 valence electrons. The predicted molar refractivity (Wildman–Crippen MR) is 98.5 cm³/mol. The second-order valence-electron chi connectivity index (χ2n) is 7.18. The molecule has 4 rings (SSSR count). The lowest BCUT2D eigenvalue weighted by Gasteiger charge is -2.28. The number of hydrogen-bond acceptors (Lipinski definition) is 3. The van der Waals surface area contributed by atoms with Crippen molar-refractivity contribution in [2.24, 2.45) is 5.41 Å². The van der Waals surface area contributed by atoms with Gasteiger partial charge < -0.3 is 9.80 Å². The first kappa shape index (κ1) is 16.3. The molecular weight excluding hydrogens is 332 g/mol. The van der Waals surface area contributed by atoms with Crippen molar-refractivity contribution in [3.05, 3.63) is 58.3 Å². The Balaban J connectivity index is 1.63. The van der Waals surface area contributed by atoms with Crippen LogP contribution in [0.1, 0.15) is 23.5 Å². The molecule has 1 aromatic heterocycles. The molecule has 2 fully saturated rings. The highest BCUT2D eigenvalue weighted by Crippen LogP contribution is 2.49. The number of carbonyl (C=O) groups excluding carboxylic acids is 2. The molecule has 0 aliphatic carbocycles. The Labute approximate surface area is 152 Å². The normalized spacial score (nSPS) is 26.0. The molecule has 2 aliphatic heterocycles. The number of nitrogens with zero attached hydrogens (tertiary/aromatic N) is 2. The zero-order valence-corrected chi connectivity index (χ0v) is 15.2. The van der Waals surface area contributed by atoms with Crippen molar-refractivity contribution in [1.82, 2.24) is 9.80 Å². The summed E-state index contributed by atoms with van der Waals surface area (Å²) >= 11 is 1.61. The van der Waals surface area contributed by atoms with Gasteiger partial charge in [-0.05, 0) is 34.4 Å². The SMILES string of the molecule is CN1CC[C@]2(CN(C(=O)Cc3ccsc3)C[C@H]2c2ccccc2)C1=O. The summed E-state index contributed by atoms with van der Waals surface area (Å²) in [5.41, 5.74) is 1.76. The first-order valence-electron chi connectivity index (χ1n) is 8.69. The van der Waals surface area contributed by atoms with Gasteiger partial charge in [-0.1, -0.05) is 30.3 Å². The molecule has 2 atom stereocenters. The molecule has 2 amide bonds. The maximum atomic E-state index is 13.0. The Morgan fingerprint density at radius 1 is 1.28 bits per heavy atom. The van der Waals surface area contributed by atoms with Crippen LogP contribution in [0.3, 0.4) is 0 Å². The van der Waals surface area contributed by atoms with E-state index in [9.17, 15) is 9.59 Å². The fraction of sp³-hybridized carbons (Fsp3) is 0.400. The van der Waals surface area contributed by atoms with Gasteiger partial charge in [-0.15, -0.1) is 0 Å². The standard InChI is InChI=1S/C20H22N2O2S/c1-21-9-8-20(19(21)24)14-22(18(23)11-15-7-10-25-13-15)12-17(20)16-5-3-2-4-6-16/h2-7,10,13,17H,8-9,11-12,14H2,1H3/t17-,20+/m0/s1. The average molecular weight is 354 g/mol. The number of rotatable bonds is 3. The van der Waals surface area contributed by atoms with E-state index in [0.717, 1.165) is 24.1 Å². The minimum Gasteiger partial charge on any atom is -0.345 e. The maximum absolute atomic E-state index is 13.0. The molecule has 1 spiro atoms. The van der Waals surface area contributed by atoms with Crippen LogP contribution in [0, 0.1) is 5.41 Å². The van der Waals surface area contributed by atoms with Crippen molar-refractivity contribution in [2.75, 3.05) is 26.7 Å². The third kappa shape index (κ3) is 2.76. The van der Waals surface area contributed by atoms with Gasteiger partial charge in [0.2, 0.25) is 11.8 Å². The van der Waals surface area contributed by atoms with Gasteiger partial charge in [-0.3, -0.25) is 9.59 Å². The van der Waals surface area contributed by atoms with Gasteiger partial charge in [0.1, 0.15) is 0 Å². The van der Waals surface area contributed by atoms with Gasteiger partial charge in [0.25, 0.3) is 0 Å². The van der Waals surface area contributed by atoms with Crippen LogP contribution in [-0.4, -0.2) is 48.3 Å². The van der Waals surface area contributed by atoms with E-state index in [1.807, 2.05) is 51.9 Å². The van der Waals surface area contributed by atoms with Crippen molar-refractivity contribution < 1.29 is 9.59 Å². The van der Waals surface area contributed by atoms with Crippen molar-refractivity contribution in [3.8, 4) is 0 Å². The summed E-state index contributed by atoms with van der Waals surface area (Å²) < 4.78 is 0. The van der Waals surface area contributed by atoms with E-state index in [2.05, 4.69) is 12.1 Å². The summed E-state index contributed by atoms with van der Waals surface area (Å²) in [6.45, 7) is 1.94.